The van der Waals surface area contributed by atoms with E-state index < -0.39 is 36.0 Å². The molecule has 0 radical (unpaired) electrons. The van der Waals surface area contributed by atoms with E-state index in [0.29, 0.717) is 11.0 Å². The van der Waals surface area contributed by atoms with E-state index in [1.807, 2.05) is 0 Å². The molecule has 0 unspecified atom stereocenters. The van der Waals surface area contributed by atoms with Gasteiger partial charge in [0.1, 0.15) is 18.2 Å². The van der Waals surface area contributed by atoms with Crippen molar-refractivity contribution in [1.82, 2.24) is 4.90 Å². The molecule has 2 rings (SSSR count). The van der Waals surface area contributed by atoms with Crippen LogP contribution in [0, 0.1) is 11.6 Å². The lowest BCUT2D eigenvalue weighted by Crippen LogP contribution is -2.34. The smallest absolute Gasteiger partial charge is 0.323 e. The zero-order valence-electron chi connectivity index (χ0n) is 10.1. The molecule has 0 aliphatic carbocycles. The molecular weight excluding hydrogens is 272 g/mol. The molecule has 1 N–H and O–H groups in total. The van der Waals surface area contributed by atoms with Crippen molar-refractivity contribution in [3.05, 3.63) is 41.0 Å². The highest BCUT2D eigenvalue weighted by Crippen LogP contribution is 2.22. The number of carboxylic acids is 1. The minimum Gasteiger partial charge on any atom is -0.480 e. The molecule has 0 aromatic heterocycles. The molecule has 1 fully saturated rings. The van der Waals surface area contributed by atoms with Gasteiger partial charge in [-0.25, -0.2) is 8.78 Å². The first kappa shape index (κ1) is 13.9. The van der Waals surface area contributed by atoms with Gasteiger partial charge in [-0.1, -0.05) is 0 Å². The highest BCUT2D eigenvalue weighted by molar-refractivity contribution is 6.16. The third-order valence-electron chi connectivity index (χ3n) is 2.75. The molecule has 7 heteroatoms. The Morgan fingerprint density at radius 1 is 1.35 bits per heavy atom. The van der Waals surface area contributed by atoms with Crippen molar-refractivity contribution in [1.29, 1.82) is 0 Å². The van der Waals surface area contributed by atoms with Gasteiger partial charge in [0, 0.05) is 17.2 Å². The largest absolute Gasteiger partial charge is 0.480 e. The molecule has 2 amide bonds. The van der Waals surface area contributed by atoms with Crippen LogP contribution in [0.2, 0.25) is 0 Å². The summed E-state index contributed by atoms with van der Waals surface area (Å²) in [5.74, 6) is -4.38. The molecule has 1 aromatic carbocycles. The number of aliphatic carboxylic acids is 1. The molecule has 1 aromatic rings. The van der Waals surface area contributed by atoms with Gasteiger partial charge >= 0.3 is 5.97 Å². The first-order chi connectivity index (χ1) is 9.38. The number of benzene rings is 1. The number of carbonyl (C=O) groups excluding carboxylic acids is 2. The first-order valence-corrected chi connectivity index (χ1v) is 5.60. The van der Waals surface area contributed by atoms with Crippen LogP contribution >= 0.6 is 0 Å². The first-order valence-electron chi connectivity index (χ1n) is 5.60. The van der Waals surface area contributed by atoms with Crippen molar-refractivity contribution in [3.8, 4) is 0 Å². The fourth-order valence-corrected chi connectivity index (χ4v) is 1.83. The Bertz CT molecular complexity index is 639. The van der Waals surface area contributed by atoms with Crippen molar-refractivity contribution < 1.29 is 28.3 Å². The Labute approximate surface area is 112 Å². The van der Waals surface area contributed by atoms with Gasteiger partial charge < -0.3 is 5.11 Å². The van der Waals surface area contributed by atoms with Crippen molar-refractivity contribution >= 4 is 23.9 Å². The summed E-state index contributed by atoms with van der Waals surface area (Å²) in [6.45, 7) is -0.735. The van der Waals surface area contributed by atoms with Crippen LogP contribution in [0.1, 0.15) is 12.0 Å². The minimum atomic E-state index is -1.32. The van der Waals surface area contributed by atoms with Crippen LogP contribution in [-0.2, 0) is 14.4 Å². The standard InChI is InChI=1S/C13H9F2NO4/c14-9-2-1-7(10(15)5-9)3-8-4-11(17)16(13(8)20)6-12(18)19/h1-3,5H,4,6H2,(H,18,19)/b8-3+. The molecule has 1 aliphatic heterocycles. The summed E-state index contributed by atoms with van der Waals surface area (Å²) in [6.07, 6.45) is 0.819. The number of carboxylic acid groups (broad SMARTS) is 1. The van der Waals surface area contributed by atoms with Crippen LogP contribution in [0.15, 0.2) is 23.8 Å². The fraction of sp³-hybridized carbons (Fsp3) is 0.154. The van der Waals surface area contributed by atoms with Crippen LogP contribution in [0.3, 0.4) is 0 Å². The van der Waals surface area contributed by atoms with E-state index in [1.165, 1.54) is 0 Å². The zero-order valence-corrected chi connectivity index (χ0v) is 10.1. The lowest BCUT2D eigenvalue weighted by molar-refractivity contribution is -0.148. The van der Waals surface area contributed by atoms with E-state index in [-0.39, 0.29) is 17.6 Å². The van der Waals surface area contributed by atoms with E-state index in [4.69, 9.17) is 5.11 Å². The number of amides is 2. The Morgan fingerprint density at radius 3 is 2.65 bits per heavy atom. The predicted octanol–water partition coefficient (Wildman–Crippen LogP) is 1.19. The fourth-order valence-electron chi connectivity index (χ4n) is 1.83. The van der Waals surface area contributed by atoms with Gasteiger partial charge in [-0.05, 0) is 18.2 Å². The summed E-state index contributed by atoms with van der Waals surface area (Å²) in [5, 5.41) is 8.59. The van der Waals surface area contributed by atoms with Gasteiger partial charge in [-0.3, -0.25) is 19.3 Å². The minimum absolute atomic E-state index is 0.0261. The molecule has 0 atom stereocenters. The highest BCUT2D eigenvalue weighted by atomic mass is 19.1. The van der Waals surface area contributed by atoms with Crippen molar-refractivity contribution in [2.45, 2.75) is 6.42 Å². The van der Waals surface area contributed by atoms with E-state index >= 15 is 0 Å². The van der Waals surface area contributed by atoms with Gasteiger partial charge in [0.2, 0.25) is 5.91 Å². The number of hydrogen-bond acceptors (Lipinski definition) is 3. The number of hydrogen-bond donors (Lipinski definition) is 1. The van der Waals surface area contributed by atoms with Crippen LogP contribution in [-0.4, -0.2) is 34.3 Å². The Kier molecular flexibility index (Phi) is 3.60. The van der Waals surface area contributed by atoms with Crippen molar-refractivity contribution in [3.63, 3.8) is 0 Å². The summed E-state index contributed by atoms with van der Waals surface area (Å²) >= 11 is 0. The van der Waals surface area contributed by atoms with E-state index in [0.717, 1.165) is 18.2 Å². The second-order valence-electron chi connectivity index (χ2n) is 4.19. The van der Waals surface area contributed by atoms with Crippen LogP contribution in [0.5, 0.6) is 0 Å². The number of carbonyl (C=O) groups is 3. The maximum Gasteiger partial charge on any atom is 0.323 e. The number of rotatable bonds is 3. The lowest BCUT2D eigenvalue weighted by atomic mass is 10.1. The summed E-state index contributed by atoms with van der Waals surface area (Å²) < 4.78 is 26.2. The Balaban J connectivity index is 2.30. The van der Waals surface area contributed by atoms with Crippen LogP contribution in [0.4, 0.5) is 8.78 Å². The number of halogens is 2. The second kappa shape index (κ2) is 5.20. The summed E-state index contributed by atoms with van der Waals surface area (Å²) in [5.41, 5.74) is -0.0681. The SMILES string of the molecule is O=C(O)CN1C(=O)C/C(=C\c2ccc(F)cc2F)C1=O. The molecule has 1 heterocycles. The average Bonchev–Trinajstić information content (AvgIpc) is 2.60. The Hall–Kier alpha value is -2.57. The third-order valence-corrected chi connectivity index (χ3v) is 2.75. The normalized spacial score (nSPS) is 17.1. The third kappa shape index (κ3) is 2.71. The molecule has 20 heavy (non-hydrogen) atoms. The van der Waals surface area contributed by atoms with Crippen molar-refractivity contribution in [2.75, 3.05) is 6.54 Å². The van der Waals surface area contributed by atoms with Gasteiger partial charge in [-0.15, -0.1) is 0 Å². The Morgan fingerprint density at radius 2 is 2.05 bits per heavy atom. The predicted molar refractivity (Wildman–Crippen MR) is 63.3 cm³/mol. The van der Waals surface area contributed by atoms with Gasteiger partial charge in [0.15, 0.2) is 0 Å². The highest BCUT2D eigenvalue weighted by Gasteiger charge is 2.35. The molecule has 0 saturated carbocycles. The van der Waals surface area contributed by atoms with Crippen LogP contribution in [0.25, 0.3) is 6.08 Å². The molecule has 1 aliphatic rings. The second-order valence-corrected chi connectivity index (χ2v) is 4.19. The van der Waals surface area contributed by atoms with Gasteiger partial charge in [0.05, 0.1) is 6.42 Å². The number of likely N-dealkylation sites (tertiary alicyclic amines) is 1. The lowest BCUT2D eigenvalue weighted by Gasteiger charge is -2.09. The average molecular weight is 281 g/mol. The molecule has 0 spiro atoms. The molecular formula is C13H9F2NO4. The quantitative estimate of drug-likeness (QED) is 0.667. The summed E-state index contributed by atoms with van der Waals surface area (Å²) in [6, 6.07) is 2.81. The van der Waals surface area contributed by atoms with Crippen molar-refractivity contribution in [2.24, 2.45) is 0 Å². The van der Waals surface area contributed by atoms with Gasteiger partial charge in [0.25, 0.3) is 5.91 Å². The zero-order chi connectivity index (χ0) is 14.9. The van der Waals surface area contributed by atoms with E-state index in [2.05, 4.69) is 0 Å². The molecule has 1 saturated heterocycles. The van der Waals surface area contributed by atoms with E-state index in [9.17, 15) is 23.2 Å². The molecule has 104 valence electrons. The number of nitrogens with zero attached hydrogens (tertiary/aromatic N) is 1. The maximum absolute atomic E-state index is 13.4. The monoisotopic (exact) mass is 281 g/mol. The molecule has 5 nitrogen and oxygen atoms in total. The van der Waals surface area contributed by atoms with Gasteiger partial charge in [-0.2, -0.15) is 0 Å². The van der Waals surface area contributed by atoms with Crippen LogP contribution < -0.4 is 0 Å². The summed E-state index contributed by atoms with van der Waals surface area (Å²) in [7, 11) is 0. The van der Waals surface area contributed by atoms with E-state index in [1.54, 1.807) is 0 Å². The summed E-state index contributed by atoms with van der Waals surface area (Å²) in [4.78, 5) is 34.4. The molecule has 0 bridgehead atoms. The number of imide groups is 1. The topological polar surface area (TPSA) is 74.7 Å². The maximum atomic E-state index is 13.4.